The molecule has 3 aromatic carbocycles. The zero-order valence-corrected chi connectivity index (χ0v) is 17.0. The number of anilines is 1. The van der Waals surface area contributed by atoms with Crippen LogP contribution in [0.15, 0.2) is 84.9 Å². The summed E-state index contributed by atoms with van der Waals surface area (Å²) >= 11 is 0. The van der Waals surface area contributed by atoms with Gasteiger partial charge in [0, 0.05) is 16.9 Å². The lowest BCUT2D eigenvalue weighted by molar-refractivity contribution is 0.0708. The monoisotopic (exact) mass is 418 g/mol. The van der Waals surface area contributed by atoms with Gasteiger partial charge >= 0.3 is 0 Å². The van der Waals surface area contributed by atoms with Crippen LogP contribution in [0.4, 0.5) is 10.1 Å². The molecule has 2 N–H and O–H groups in total. The fourth-order valence-electron chi connectivity index (χ4n) is 3.59. The van der Waals surface area contributed by atoms with Gasteiger partial charge in [-0.05, 0) is 72.3 Å². The van der Waals surface area contributed by atoms with Gasteiger partial charge in [0.05, 0.1) is 25.8 Å². The van der Waals surface area contributed by atoms with Crippen molar-refractivity contribution in [3.63, 3.8) is 0 Å². The zero-order valence-electron chi connectivity index (χ0n) is 17.0. The van der Waals surface area contributed by atoms with Gasteiger partial charge in [0.25, 0.3) is 5.91 Å². The first-order valence-corrected chi connectivity index (χ1v) is 9.98. The van der Waals surface area contributed by atoms with E-state index in [0.717, 1.165) is 11.4 Å². The number of amides is 1. The Morgan fingerprint density at radius 2 is 1.71 bits per heavy atom. The van der Waals surface area contributed by atoms with Gasteiger partial charge in [-0.1, -0.05) is 18.2 Å². The summed E-state index contributed by atoms with van der Waals surface area (Å²) in [6, 6.07) is 21.8. The standard InChI is InChI=1S/C25H23FN2O3/c1-31-21-13-11-20(12-14-21)27-22-15-23(17-7-9-19(26)10-8-17)28(16-24(22)29)25(30)18-5-3-2-4-6-18/h2-15,22,24,27,29H,16H2,1H3/t22-,24-/m0/s1. The van der Waals surface area contributed by atoms with E-state index in [1.807, 2.05) is 36.4 Å². The smallest absolute Gasteiger partial charge is 0.258 e. The molecule has 1 aliphatic rings. The topological polar surface area (TPSA) is 61.8 Å². The molecule has 0 saturated carbocycles. The average molecular weight is 418 g/mol. The minimum Gasteiger partial charge on any atom is -0.497 e. The van der Waals surface area contributed by atoms with E-state index in [1.165, 1.54) is 12.1 Å². The third-order valence-corrected chi connectivity index (χ3v) is 5.24. The van der Waals surface area contributed by atoms with E-state index in [-0.39, 0.29) is 18.3 Å². The third-order valence-electron chi connectivity index (χ3n) is 5.24. The highest BCUT2D eigenvalue weighted by atomic mass is 19.1. The van der Waals surface area contributed by atoms with Crippen LogP contribution < -0.4 is 10.1 Å². The molecular weight excluding hydrogens is 395 g/mol. The number of β-amino-alcohol motifs (C(OH)–C–C–N with tert-alkyl or cyclic N) is 1. The van der Waals surface area contributed by atoms with Crippen molar-refractivity contribution in [1.29, 1.82) is 0 Å². The molecule has 0 aliphatic carbocycles. The highest BCUT2D eigenvalue weighted by Gasteiger charge is 2.32. The average Bonchev–Trinajstić information content (AvgIpc) is 2.81. The van der Waals surface area contributed by atoms with Crippen molar-refractivity contribution in [3.8, 4) is 5.75 Å². The molecule has 0 aromatic heterocycles. The lowest BCUT2D eigenvalue weighted by Crippen LogP contribution is -2.47. The molecule has 1 heterocycles. The van der Waals surface area contributed by atoms with Gasteiger partial charge < -0.3 is 20.1 Å². The summed E-state index contributed by atoms with van der Waals surface area (Å²) in [6.07, 6.45) is 0.978. The first-order valence-electron chi connectivity index (χ1n) is 9.98. The fraction of sp³-hybridized carbons (Fsp3) is 0.160. The molecule has 31 heavy (non-hydrogen) atoms. The Labute approximate surface area is 180 Å². The van der Waals surface area contributed by atoms with Crippen molar-refractivity contribution >= 4 is 17.3 Å². The van der Waals surface area contributed by atoms with Crippen LogP contribution in [0.25, 0.3) is 5.70 Å². The second-order valence-corrected chi connectivity index (χ2v) is 7.31. The molecule has 0 bridgehead atoms. The van der Waals surface area contributed by atoms with E-state index in [1.54, 1.807) is 48.4 Å². The number of carbonyl (C=O) groups excluding carboxylic acids is 1. The second kappa shape index (κ2) is 9.02. The molecule has 0 fully saturated rings. The van der Waals surface area contributed by atoms with Crippen molar-refractivity contribution in [2.45, 2.75) is 12.1 Å². The van der Waals surface area contributed by atoms with Crippen LogP contribution in [0.1, 0.15) is 15.9 Å². The molecule has 0 radical (unpaired) electrons. The number of carbonyl (C=O) groups is 1. The van der Waals surface area contributed by atoms with E-state index in [4.69, 9.17) is 4.74 Å². The minimum atomic E-state index is -0.834. The number of hydrogen-bond donors (Lipinski definition) is 2. The fourth-order valence-corrected chi connectivity index (χ4v) is 3.59. The number of halogens is 1. The Morgan fingerprint density at radius 1 is 1.03 bits per heavy atom. The van der Waals surface area contributed by atoms with Crippen molar-refractivity contribution in [2.24, 2.45) is 0 Å². The quantitative estimate of drug-likeness (QED) is 0.653. The largest absolute Gasteiger partial charge is 0.497 e. The van der Waals surface area contributed by atoms with Crippen molar-refractivity contribution in [1.82, 2.24) is 4.90 Å². The van der Waals surface area contributed by atoms with Crippen molar-refractivity contribution in [3.05, 3.63) is 102 Å². The Balaban J connectivity index is 1.68. The van der Waals surface area contributed by atoms with E-state index < -0.39 is 12.1 Å². The summed E-state index contributed by atoms with van der Waals surface area (Å²) in [4.78, 5) is 14.7. The van der Waals surface area contributed by atoms with Gasteiger partial charge in [-0.2, -0.15) is 0 Å². The van der Waals surface area contributed by atoms with E-state index in [0.29, 0.717) is 16.8 Å². The second-order valence-electron chi connectivity index (χ2n) is 7.31. The summed E-state index contributed by atoms with van der Waals surface area (Å²) in [5.41, 5.74) is 2.64. The first kappa shape index (κ1) is 20.6. The number of benzene rings is 3. The third kappa shape index (κ3) is 4.59. The first-order chi connectivity index (χ1) is 15.0. The number of aliphatic hydroxyl groups is 1. The predicted octanol–water partition coefficient (Wildman–Crippen LogP) is 4.17. The molecule has 1 aliphatic heterocycles. The van der Waals surface area contributed by atoms with Gasteiger partial charge in [-0.15, -0.1) is 0 Å². The maximum Gasteiger partial charge on any atom is 0.258 e. The molecule has 0 unspecified atom stereocenters. The van der Waals surface area contributed by atoms with Crippen LogP contribution in [0.3, 0.4) is 0 Å². The van der Waals surface area contributed by atoms with Crippen LogP contribution >= 0.6 is 0 Å². The summed E-state index contributed by atoms with van der Waals surface area (Å²) < 4.78 is 18.7. The molecule has 2 atom stereocenters. The molecule has 1 amide bonds. The molecule has 158 valence electrons. The highest BCUT2D eigenvalue weighted by molar-refractivity contribution is 6.00. The number of rotatable bonds is 5. The Kier molecular flexibility index (Phi) is 6.00. The maximum atomic E-state index is 13.5. The summed E-state index contributed by atoms with van der Waals surface area (Å²) in [6.45, 7) is 0.102. The molecular formula is C25H23FN2O3. The summed E-state index contributed by atoms with van der Waals surface area (Å²) in [7, 11) is 1.60. The molecule has 0 spiro atoms. The van der Waals surface area contributed by atoms with Gasteiger partial charge in [0.1, 0.15) is 11.6 Å². The summed E-state index contributed by atoms with van der Waals surface area (Å²) in [5, 5.41) is 14.1. The van der Waals surface area contributed by atoms with Crippen LogP contribution in [0.2, 0.25) is 0 Å². The number of aliphatic hydroxyl groups excluding tert-OH is 1. The van der Waals surface area contributed by atoms with Crippen LogP contribution in [0.5, 0.6) is 5.75 Å². The SMILES string of the molecule is COc1ccc(N[C@H]2C=C(c3ccc(F)cc3)N(C(=O)c3ccccc3)C[C@@H]2O)cc1. The minimum absolute atomic E-state index is 0.102. The van der Waals surface area contributed by atoms with E-state index in [9.17, 15) is 14.3 Å². The zero-order chi connectivity index (χ0) is 21.8. The summed E-state index contributed by atoms with van der Waals surface area (Å²) in [5.74, 6) is 0.157. The number of hydrogen-bond acceptors (Lipinski definition) is 4. The normalized spacial score (nSPS) is 18.3. The lowest BCUT2D eigenvalue weighted by Gasteiger charge is -2.36. The Hall–Kier alpha value is -3.64. The lowest BCUT2D eigenvalue weighted by atomic mass is 9.98. The molecule has 6 heteroatoms. The Morgan fingerprint density at radius 3 is 2.35 bits per heavy atom. The number of nitrogens with zero attached hydrogens (tertiary/aromatic N) is 1. The van der Waals surface area contributed by atoms with Gasteiger partial charge in [-0.25, -0.2) is 4.39 Å². The van der Waals surface area contributed by atoms with Crippen molar-refractivity contribution in [2.75, 3.05) is 19.0 Å². The van der Waals surface area contributed by atoms with Crippen molar-refractivity contribution < 1.29 is 19.0 Å². The van der Waals surface area contributed by atoms with Gasteiger partial charge in [0.2, 0.25) is 0 Å². The molecule has 5 nitrogen and oxygen atoms in total. The highest BCUT2D eigenvalue weighted by Crippen LogP contribution is 2.29. The molecule has 4 rings (SSSR count). The van der Waals surface area contributed by atoms with Crippen LogP contribution in [0, 0.1) is 5.82 Å². The van der Waals surface area contributed by atoms with Gasteiger partial charge in [-0.3, -0.25) is 4.79 Å². The number of ether oxygens (including phenoxy) is 1. The van der Waals surface area contributed by atoms with Crippen LogP contribution in [-0.4, -0.2) is 41.7 Å². The number of methoxy groups -OCH3 is 1. The predicted molar refractivity (Wildman–Crippen MR) is 118 cm³/mol. The van der Waals surface area contributed by atoms with E-state index in [2.05, 4.69) is 5.32 Å². The maximum absolute atomic E-state index is 13.5. The van der Waals surface area contributed by atoms with Crippen LogP contribution in [-0.2, 0) is 0 Å². The van der Waals surface area contributed by atoms with E-state index >= 15 is 0 Å². The molecule has 3 aromatic rings. The molecule has 0 saturated heterocycles. The van der Waals surface area contributed by atoms with Gasteiger partial charge in [0.15, 0.2) is 0 Å². The number of nitrogens with one attached hydrogen (secondary N) is 1. The Bertz CT molecular complexity index is 1070.